The fraction of sp³-hybridized carbons (Fsp3) is 0.500. The Labute approximate surface area is 123 Å². The summed E-state index contributed by atoms with van der Waals surface area (Å²) in [5.74, 6) is -1.18. The molecule has 0 bridgehead atoms. The van der Waals surface area contributed by atoms with E-state index in [4.69, 9.17) is 5.11 Å². The number of carbonyl (C=O) groups excluding carboxylic acids is 1. The second kappa shape index (κ2) is 5.15. The number of aliphatic hydroxyl groups excluding tert-OH is 1. The maximum Gasteiger partial charge on any atom is 0.335 e. The SMILES string of the molecule is O=C(O)c1ccc(C2(NC(=O)C(O)C3CCC3)CC2)cc1. The Kier molecular flexibility index (Phi) is 3.45. The van der Waals surface area contributed by atoms with Crippen LogP contribution in [0.5, 0.6) is 0 Å². The zero-order chi connectivity index (χ0) is 15.0. The van der Waals surface area contributed by atoms with Crippen molar-refractivity contribution in [1.29, 1.82) is 0 Å². The number of hydrogen-bond acceptors (Lipinski definition) is 3. The molecule has 2 aliphatic carbocycles. The summed E-state index contributed by atoms with van der Waals surface area (Å²) in [6, 6.07) is 6.58. The van der Waals surface area contributed by atoms with Crippen molar-refractivity contribution in [2.45, 2.75) is 43.7 Å². The Hall–Kier alpha value is -1.88. The summed E-state index contributed by atoms with van der Waals surface area (Å²) in [6.45, 7) is 0. The van der Waals surface area contributed by atoms with Gasteiger partial charge in [-0.25, -0.2) is 4.79 Å². The van der Waals surface area contributed by atoms with Crippen molar-refractivity contribution in [3.8, 4) is 0 Å². The van der Waals surface area contributed by atoms with Gasteiger partial charge in [-0.15, -0.1) is 0 Å². The highest BCUT2D eigenvalue weighted by atomic mass is 16.4. The zero-order valence-electron chi connectivity index (χ0n) is 11.7. The van der Waals surface area contributed by atoms with Crippen molar-refractivity contribution < 1.29 is 19.8 Å². The number of aromatic carboxylic acids is 1. The summed E-state index contributed by atoms with van der Waals surface area (Å²) < 4.78 is 0. The van der Waals surface area contributed by atoms with Crippen molar-refractivity contribution in [1.82, 2.24) is 5.32 Å². The molecule has 5 heteroatoms. The van der Waals surface area contributed by atoms with E-state index in [-0.39, 0.29) is 17.4 Å². The summed E-state index contributed by atoms with van der Waals surface area (Å²) in [6.07, 6.45) is 3.63. The average molecular weight is 289 g/mol. The third kappa shape index (κ3) is 2.65. The Morgan fingerprint density at radius 1 is 1.19 bits per heavy atom. The maximum atomic E-state index is 12.1. The maximum absolute atomic E-state index is 12.1. The summed E-state index contributed by atoms with van der Waals surface area (Å²) in [5.41, 5.74) is 0.718. The average Bonchev–Trinajstić information content (AvgIpc) is 3.17. The lowest BCUT2D eigenvalue weighted by Crippen LogP contribution is -2.46. The van der Waals surface area contributed by atoms with Crippen LogP contribution in [0.3, 0.4) is 0 Å². The summed E-state index contributed by atoms with van der Waals surface area (Å²) >= 11 is 0. The van der Waals surface area contributed by atoms with E-state index in [2.05, 4.69) is 5.32 Å². The standard InChI is InChI=1S/C16H19NO4/c18-13(10-2-1-3-10)14(19)17-16(8-9-16)12-6-4-11(5-7-12)15(20)21/h4-7,10,13,18H,1-3,8-9H2,(H,17,19)(H,20,21). The predicted molar refractivity (Wildman–Crippen MR) is 75.8 cm³/mol. The number of aliphatic hydroxyl groups is 1. The molecule has 1 amide bonds. The zero-order valence-corrected chi connectivity index (χ0v) is 11.7. The quantitative estimate of drug-likeness (QED) is 0.769. The van der Waals surface area contributed by atoms with Gasteiger partial charge >= 0.3 is 5.97 Å². The van der Waals surface area contributed by atoms with Crippen molar-refractivity contribution in [3.63, 3.8) is 0 Å². The van der Waals surface area contributed by atoms with Gasteiger partial charge in [0.25, 0.3) is 0 Å². The number of nitrogens with one attached hydrogen (secondary N) is 1. The highest BCUT2D eigenvalue weighted by Gasteiger charge is 2.47. The number of amides is 1. The van der Waals surface area contributed by atoms with E-state index in [1.54, 1.807) is 24.3 Å². The Bertz CT molecular complexity index is 558. The van der Waals surface area contributed by atoms with Crippen LogP contribution in [0.1, 0.15) is 48.0 Å². The molecule has 0 heterocycles. The Morgan fingerprint density at radius 2 is 1.81 bits per heavy atom. The monoisotopic (exact) mass is 289 g/mol. The molecule has 3 N–H and O–H groups in total. The molecular weight excluding hydrogens is 270 g/mol. The van der Waals surface area contributed by atoms with E-state index >= 15 is 0 Å². The molecule has 0 spiro atoms. The second-order valence-electron chi connectivity index (χ2n) is 6.09. The lowest BCUT2D eigenvalue weighted by atomic mass is 9.80. The fourth-order valence-corrected chi connectivity index (χ4v) is 2.82. The fourth-order valence-electron chi connectivity index (χ4n) is 2.82. The van der Waals surface area contributed by atoms with Crippen molar-refractivity contribution in [2.24, 2.45) is 5.92 Å². The molecule has 0 aromatic heterocycles. The molecule has 1 unspecified atom stereocenters. The van der Waals surface area contributed by atoms with Gasteiger partial charge in [-0.1, -0.05) is 18.6 Å². The molecule has 1 aromatic rings. The number of carboxylic acids is 1. The van der Waals surface area contributed by atoms with Crippen LogP contribution in [-0.4, -0.2) is 28.2 Å². The lowest BCUT2D eigenvalue weighted by molar-refractivity contribution is -0.134. The molecule has 1 atom stereocenters. The van der Waals surface area contributed by atoms with Gasteiger partial charge in [0, 0.05) is 0 Å². The number of hydrogen-bond donors (Lipinski definition) is 3. The van der Waals surface area contributed by atoms with Crippen molar-refractivity contribution in [3.05, 3.63) is 35.4 Å². The molecular formula is C16H19NO4. The largest absolute Gasteiger partial charge is 0.478 e. The molecule has 1 aromatic carbocycles. The summed E-state index contributed by atoms with van der Waals surface area (Å²) in [7, 11) is 0. The Balaban J connectivity index is 1.69. The molecule has 2 saturated carbocycles. The van der Waals surface area contributed by atoms with Gasteiger partial charge in [0.15, 0.2) is 0 Å². The van der Waals surface area contributed by atoms with Crippen LogP contribution in [0, 0.1) is 5.92 Å². The highest BCUT2D eigenvalue weighted by Crippen LogP contribution is 2.45. The summed E-state index contributed by atoms with van der Waals surface area (Å²) in [5, 5.41) is 21.9. The van der Waals surface area contributed by atoms with E-state index < -0.39 is 17.6 Å². The number of carboxylic acid groups (broad SMARTS) is 1. The van der Waals surface area contributed by atoms with Crippen LogP contribution in [0.2, 0.25) is 0 Å². The molecule has 0 saturated heterocycles. The first kappa shape index (κ1) is 14.1. The first-order chi connectivity index (χ1) is 10.0. The van der Waals surface area contributed by atoms with Crippen LogP contribution in [0.15, 0.2) is 24.3 Å². The van der Waals surface area contributed by atoms with Gasteiger partial charge in [0.1, 0.15) is 6.10 Å². The van der Waals surface area contributed by atoms with Gasteiger partial charge in [0.05, 0.1) is 11.1 Å². The van der Waals surface area contributed by atoms with Gasteiger partial charge in [0.2, 0.25) is 5.91 Å². The topological polar surface area (TPSA) is 86.6 Å². The van der Waals surface area contributed by atoms with Crippen LogP contribution in [-0.2, 0) is 10.3 Å². The minimum atomic E-state index is -0.962. The van der Waals surface area contributed by atoms with Crippen molar-refractivity contribution >= 4 is 11.9 Å². The molecule has 2 aliphatic rings. The van der Waals surface area contributed by atoms with Crippen LogP contribution in [0.25, 0.3) is 0 Å². The van der Waals surface area contributed by atoms with Gasteiger partial charge in [-0.2, -0.15) is 0 Å². The van der Waals surface area contributed by atoms with Crippen LogP contribution in [0.4, 0.5) is 0 Å². The first-order valence-corrected chi connectivity index (χ1v) is 7.36. The van der Waals surface area contributed by atoms with E-state index in [0.29, 0.717) is 0 Å². The highest BCUT2D eigenvalue weighted by molar-refractivity contribution is 5.87. The minimum absolute atomic E-state index is 0.0928. The molecule has 5 nitrogen and oxygen atoms in total. The molecule has 0 radical (unpaired) electrons. The van der Waals surface area contributed by atoms with Gasteiger partial charge < -0.3 is 15.5 Å². The van der Waals surface area contributed by atoms with Crippen LogP contribution >= 0.6 is 0 Å². The normalized spacial score (nSPS) is 21.2. The van der Waals surface area contributed by atoms with Crippen LogP contribution < -0.4 is 5.32 Å². The summed E-state index contributed by atoms with van der Waals surface area (Å²) in [4.78, 5) is 23.0. The second-order valence-corrected chi connectivity index (χ2v) is 6.09. The molecule has 3 rings (SSSR count). The van der Waals surface area contributed by atoms with Crippen molar-refractivity contribution in [2.75, 3.05) is 0 Å². The molecule has 0 aliphatic heterocycles. The lowest BCUT2D eigenvalue weighted by Gasteiger charge is -2.30. The third-order valence-corrected chi connectivity index (χ3v) is 4.66. The smallest absolute Gasteiger partial charge is 0.335 e. The minimum Gasteiger partial charge on any atom is -0.478 e. The number of carbonyl (C=O) groups is 2. The van der Waals surface area contributed by atoms with E-state index in [1.807, 2.05) is 0 Å². The third-order valence-electron chi connectivity index (χ3n) is 4.66. The van der Waals surface area contributed by atoms with E-state index in [1.165, 1.54) is 0 Å². The van der Waals surface area contributed by atoms with E-state index in [9.17, 15) is 14.7 Å². The Morgan fingerprint density at radius 3 is 2.24 bits per heavy atom. The molecule has 112 valence electrons. The van der Waals surface area contributed by atoms with E-state index in [0.717, 1.165) is 37.7 Å². The number of benzene rings is 1. The first-order valence-electron chi connectivity index (χ1n) is 7.36. The predicted octanol–water partition coefficient (Wildman–Crippen LogP) is 1.65. The molecule has 21 heavy (non-hydrogen) atoms. The molecule has 2 fully saturated rings. The number of rotatable bonds is 5. The van der Waals surface area contributed by atoms with Gasteiger partial charge in [-0.05, 0) is 49.3 Å². The van der Waals surface area contributed by atoms with Gasteiger partial charge in [-0.3, -0.25) is 4.79 Å².